The molecule has 1 aliphatic carbocycles. The Labute approximate surface area is 109 Å². The van der Waals surface area contributed by atoms with E-state index >= 15 is 0 Å². The highest BCUT2D eigenvalue weighted by atomic mass is 16.5. The van der Waals surface area contributed by atoms with E-state index in [2.05, 4.69) is 0 Å². The normalized spacial score (nSPS) is 16.7. The van der Waals surface area contributed by atoms with Crippen LogP contribution in [0.3, 0.4) is 0 Å². The van der Waals surface area contributed by atoms with Crippen LogP contribution in [-0.2, 0) is 14.3 Å². The summed E-state index contributed by atoms with van der Waals surface area (Å²) in [6.45, 7) is 8.09. The highest BCUT2D eigenvalue weighted by Crippen LogP contribution is 2.27. The Balaban J connectivity index is 3.13. The van der Waals surface area contributed by atoms with E-state index in [4.69, 9.17) is 4.74 Å². The Hall–Kier alpha value is -1.38. The zero-order valence-electron chi connectivity index (χ0n) is 11.9. The van der Waals surface area contributed by atoms with E-state index in [0.29, 0.717) is 41.6 Å². The van der Waals surface area contributed by atoms with Crippen molar-refractivity contribution in [3.05, 3.63) is 23.0 Å². The van der Waals surface area contributed by atoms with Gasteiger partial charge in [0.05, 0.1) is 7.11 Å². The number of carbonyl (C=O) groups is 2. The second-order valence-corrected chi connectivity index (χ2v) is 5.57. The molecule has 0 aromatic heterocycles. The van der Waals surface area contributed by atoms with E-state index in [0.717, 1.165) is 0 Å². The summed E-state index contributed by atoms with van der Waals surface area (Å²) in [6.07, 6.45) is 2.94. The van der Waals surface area contributed by atoms with Gasteiger partial charge in [0.15, 0.2) is 0 Å². The first-order chi connectivity index (χ1) is 8.36. The number of hydrogen-bond donors (Lipinski definition) is 0. The van der Waals surface area contributed by atoms with Crippen LogP contribution in [0.5, 0.6) is 0 Å². The van der Waals surface area contributed by atoms with Crippen LogP contribution in [0.25, 0.3) is 0 Å². The molecule has 100 valence electrons. The molecule has 0 unspecified atom stereocenters. The second kappa shape index (κ2) is 5.98. The number of rotatable bonds is 5. The lowest BCUT2D eigenvalue weighted by molar-refractivity contribution is -0.132. The third kappa shape index (κ3) is 3.31. The molecule has 0 radical (unpaired) electrons. The van der Waals surface area contributed by atoms with E-state index in [1.807, 2.05) is 27.7 Å². The average molecular weight is 250 g/mol. The standard InChI is InChI=1S/C15H22O3/c1-9(2)6-11-8-13(18-5)12(7-10(3)4)15(17)14(11)16/h8-10H,6-7H2,1-5H3. The van der Waals surface area contributed by atoms with E-state index < -0.39 is 5.78 Å². The summed E-state index contributed by atoms with van der Waals surface area (Å²) < 4.78 is 5.27. The van der Waals surface area contributed by atoms with Crippen molar-refractivity contribution in [1.29, 1.82) is 0 Å². The minimum absolute atomic E-state index is 0.321. The molecule has 18 heavy (non-hydrogen) atoms. The Kier molecular flexibility index (Phi) is 4.88. The fourth-order valence-corrected chi connectivity index (χ4v) is 2.08. The summed E-state index contributed by atoms with van der Waals surface area (Å²) in [5.41, 5.74) is 1.09. The van der Waals surface area contributed by atoms with Gasteiger partial charge in [-0.15, -0.1) is 0 Å². The first kappa shape index (κ1) is 14.7. The molecule has 0 atom stereocenters. The summed E-state index contributed by atoms with van der Waals surface area (Å²) in [5.74, 6) is 0.475. The molecule has 3 nitrogen and oxygen atoms in total. The maximum atomic E-state index is 12.1. The third-order valence-electron chi connectivity index (χ3n) is 2.84. The van der Waals surface area contributed by atoms with Gasteiger partial charge in [0.2, 0.25) is 11.6 Å². The number of ether oxygens (including phenoxy) is 1. The van der Waals surface area contributed by atoms with Crippen molar-refractivity contribution >= 4 is 11.6 Å². The minimum atomic E-state index is -0.390. The SMILES string of the molecule is COC1=C(CC(C)C)C(=O)C(=O)C(CC(C)C)=C1. The van der Waals surface area contributed by atoms with Gasteiger partial charge in [0, 0.05) is 11.1 Å². The second-order valence-electron chi connectivity index (χ2n) is 5.57. The lowest BCUT2D eigenvalue weighted by Gasteiger charge is -2.19. The van der Waals surface area contributed by atoms with Gasteiger partial charge in [-0.3, -0.25) is 9.59 Å². The van der Waals surface area contributed by atoms with Gasteiger partial charge in [-0.05, 0) is 30.8 Å². The lowest BCUT2D eigenvalue weighted by atomic mass is 9.86. The molecule has 1 rings (SSSR count). The van der Waals surface area contributed by atoms with Gasteiger partial charge < -0.3 is 4.74 Å². The summed E-state index contributed by atoms with van der Waals surface area (Å²) in [4.78, 5) is 24.1. The minimum Gasteiger partial charge on any atom is -0.496 e. The van der Waals surface area contributed by atoms with Crippen LogP contribution < -0.4 is 0 Å². The van der Waals surface area contributed by atoms with Crippen LogP contribution in [-0.4, -0.2) is 18.7 Å². The predicted molar refractivity (Wildman–Crippen MR) is 71.0 cm³/mol. The molecule has 0 N–H and O–H groups in total. The van der Waals surface area contributed by atoms with Crippen molar-refractivity contribution in [1.82, 2.24) is 0 Å². The molecular weight excluding hydrogens is 228 g/mol. The van der Waals surface area contributed by atoms with Crippen molar-refractivity contribution in [3.8, 4) is 0 Å². The molecule has 0 bridgehead atoms. The quantitative estimate of drug-likeness (QED) is 0.556. The van der Waals surface area contributed by atoms with E-state index in [9.17, 15) is 9.59 Å². The molecule has 0 amide bonds. The lowest BCUT2D eigenvalue weighted by Crippen LogP contribution is -2.25. The van der Waals surface area contributed by atoms with Gasteiger partial charge in [0.1, 0.15) is 5.76 Å². The number of Topliss-reactive ketones (excluding diaryl/α,β-unsaturated/α-hetero) is 2. The van der Waals surface area contributed by atoms with Gasteiger partial charge >= 0.3 is 0 Å². The molecule has 0 aliphatic heterocycles. The van der Waals surface area contributed by atoms with Gasteiger partial charge in [-0.25, -0.2) is 0 Å². The first-order valence-electron chi connectivity index (χ1n) is 6.43. The number of hydrogen-bond acceptors (Lipinski definition) is 3. The van der Waals surface area contributed by atoms with E-state index in [-0.39, 0.29) is 5.78 Å². The Morgan fingerprint density at radius 2 is 1.56 bits per heavy atom. The summed E-state index contributed by atoms with van der Waals surface area (Å²) >= 11 is 0. The fourth-order valence-electron chi connectivity index (χ4n) is 2.08. The maximum absolute atomic E-state index is 12.1. The van der Waals surface area contributed by atoms with Gasteiger partial charge in [-0.1, -0.05) is 27.7 Å². The average Bonchev–Trinajstić information content (AvgIpc) is 2.27. The molecule has 3 heteroatoms. The van der Waals surface area contributed by atoms with Crippen LogP contribution in [0.15, 0.2) is 23.0 Å². The van der Waals surface area contributed by atoms with E-state index in [1.54, 1.807) is 13.2 Å². The maximum Gasteiger partial charge on any atom is 0.232 e. The summed E-state index contributed by atoms with van der Waals surface area (Å²) in [6, 6.07) is 0. The Bertz CT molecular complexity index is 411. The molecular formula is C15H22O3. The van der Waals surface area contributed by atoms with Gasteiger partial charge in [0.25, 0.3) is 0 Å². The van der Waals surface area contributed by atoms with E-state index in [1.165, 1.54) is 0 Å². The van der Waals surface area contributed by atoms with Crippen molar-refractivity contribution in [3.63, 3.8) is 0 Å². The highest BCUT2D eigenvalue weighted by Gasteiger charge is 2.30. The Morgan fingerprint density at radius 1 is 1.00 bits per heavy atom. The first-order valence-corrected chi connectivity index (χ1v) is 6.43. The topological polar surface area (TPSA) is 43.4 Å². The zero-order valence-corrected chi connectivity index (χ0v) is 11.9. The molecule has 0 aromatic rings. The van der Waals surface area contributed by atoms with Crippen molar-refractivity contribution in [2.75, 3.05) is 7.11 Å². The number of allylic oxidation sites excluding steroid dienone is 3. The number of ketones is 2. The van der Waals surface area contributed by atoms with Crippen molar-refractivity contribution in [2.45, 2.75) is 40.5 Å². The molecule has 0 saturated heterocycles. The van der Waals surface area contributed by atoms with Gasteiger partial charge in [-0.2, -0.15) is 0 Å². The predicted octanol–water partition coefficient (Wildman–Crippen LogP) is 3.06. The number of methoxy groups -OCH3 is 1. The van der Waals surface area contributed by atoms with Crippen LogP contribution in [0.4, 0.5) is 0 Å². The molecule has 0 aromatic carbocycles. The molecule has 0 heterocycles. The summed E-state index contributed by atoms with van der Waals surface area (Å²) in [5, 5.41) is 0. The third-order valence-corrected chi connectivity index (χ3v) is 2.84. The number of carbonyl (C=O) groups excluding carboxylic acids is 2. The van der Waals surface area contributed by atoms with Crippen LogP contribution in [0, 0.1) is 11.8 Å². The Morgan fingerprint density at radius 3 is 2.00 bits per heavy atom. The molecule has 0 fully saturated rings. The summed E-state index contributed by atoms with van der Waals surface area (Å²) in [7, 11) is 1.54. The van der Waals surface area contributed by atoms with Crippen LogP contribution >= 0.6 is 0 Å². The fraction of sp³-hybridized carbons (Fsp3) is 0.600. The molecule has 0 saturated carbocycles. The van der Waals surface area contributed by atoms with Crippen LogP contribution in [0.2, 0.25) is 0 Å². The molecule has 0 spiro atoms. The van der Waals surface area contributed by atoms with Crippen molar-refractivity contribution < 1.29 is 14.3 Å². The van der Waals surface area contributed by atoms with Crippen molar-refractivity contribution in [2.24, 2.45) is 11.8 Å². The smallest absolute Gasteiger partial charge is 0.232 e. The molecule has 1 aliphatic rings. The monoisotopic (exact) mass is 250 g/mol. The zero-order chi connectivity index (χ0) is 13.9. The highest BCUT2D eigenvalue weighted by molar-refractivity contribution is 6.50. The van der Waals surface area contributed by atoms with Crippen LogP contribution in [0.1, 0.15) is 40.5 Å². The largest absolute Gasteiger partial charge is 0.496 e.